The summed E-state index contributed by atoms with van der Waals surface area (Å²) < 4.78 is 0. The Labute approximate surface area is 129 Å². The van der Waals surface area contributed by atoms with Gasteiger partial charge in [0.15, 0.2) is 0 Å². The number of carbonyl (C=O) groups is 1. The molecule has 2 rings (SSSR count). The van der Waals surface area contributed by atoms with Crippen LogP contribution in [0.5, 0.6) is 0 Å². The van der Waals surface area contributed by atoms with Gasteiger partial charge in [-0.2, -0.15) is 0 Å². The Hall–Kier alpha value is -1.09. The first-order valence-corrected chi connectivity index (χ1v) is 11.5. The van der Waals surface area contributed by atoms with Crippen molar-refractivity contribution in [2.45, 2.75) is 69.6 Å². The minimum absolute atomic E-state index is 0.397. The molecule has 2 nitrogen and oxygen atoms in total. The fraction of sp³-hybridized carbons (Fsp3) is 0.611. The lowest BCUT2D eigenvalue weighted by atomic mass is 9.93. The number of aromatic carboxylic acids is 1. The largest absolute Gasteiger partial charge is 0.478 e. The van der Waals surface area contributed by atoms with Crippen LogP contribution in [0.3, 0.4) is 0 Å². The lowest BCUT2D eigenvalue weighted by Gasteiger charge is -2.36. The van der Waals surface area contributed by atoms with Gasteiger partial charge in [0, 0.05) is 0 Å². The third-order valence-electron chi connectivity index (χ3n) is 5.21. The quantitative estimate of drug-likeness (QED) is 0.554. The van der Waals surface area contributed by atoms with Gasteiger partial charge >= 0.3 is 5.97 Å². The van der Waals surface area contributed by atoms with Gasteiger partial charge in [0.05, 0.1) is 13.6 Å². The number of benzene rings is 1. The van der Waals surface area contributed by atoms with Crippen molar-refractivity contribution in [1.82, 2.24) is 0 Å². The molecule has 0 saturated carbocycles. The maximum Gasteiger partial charge on any atom is 0.335 e. The number of carboxylic acid groups (broad SMARTS) is 1. The Balaban J connectivity index is 1.89. The number of unbranched alkanes of at least 4 members (excludes halogenated alkanes) is 2. The average Bonchev–Trinajstić information content (AvgIpc) is 2.48. The summed E-state index contributed by atoms with van der Waals surface area (Å²) in [6, 6.07) is 12.0. The summed E-state index contributed by atoms with van der Waals surface area (Å²) >= 11 is 0. The van der Waals surface area contributed by atoms with Crippen molar-refractivity contribution in [3.8, 4) is 0 Å². The van der Waals surface area contributed by atoms with E-state index in [2.05, 4.69) is 13.5 Å². The highest BCUT2D eigenvalue weighted by molar-refractivity contribution is 6.78. The highest BCUT2D eigenvalue weighted by atomic mass is 28.3. The van der Waals surface area contributed by atoms with Crippen LogP contribution >= 0.6 is 0 Å². The second-order valence-corrected chi connectivity index (χ2v) is 12.1. The van der Waals surface area contributed by atoms with E-state index in [9.17, 15) is 4.79 Å². The van der Waals surface area contributed by atoms with Crippen molar-refractivity contribution >= 4 is 14.0 Å². The summed E-state index contributed by atoms with van der Waals surface area (Å²) in [5.74, 6) is -0.180. The van der Waals surface area contributed by atoms with Crippen LogP contribution in [0.1, 0.15) is 60.9 Å². The van der Waals surface area contributed by atoms with E-state index in [1.807, 2.05) is 12.1 Å². The Morgan fingerprint density at radius 2 is 1.81 bits per heavy atom. The van der Waals surface area contributed by atoms with Gasteiger partial charge in [-0.1, -0.05) is 63.0 Å². The first kappa shape index (κ1) is 16.3. The second kappa shape index (κ2) is 7.26. The Bertz CT molecular complexity index is 459. The van der Waals surface area contributed by atoms with Gasteiger partial charge in [0.1, 0.15) is 0 Å². The molecule has 0 amide bonds. The maximum atomic E-state index is 10.9. The number of carboxylic acids is 1. The van der Waals surface area contributed by atoms with Gasteiger partial charge in [0.25, 0.3) is 0 Å². The van der Waals surface area contributed by atoms with Crippen LogP contribution in [0.4, 0.5) is 0 Å². The van der Waals surface area contributed by atoms with E-state index in [4.69, 9.17) is 5.11 Å². The van der Waals surface area contributed by atoms with Gasteiger partial charge in [-0.3, -0.25) is 0 Å². The second-order valence-electron chi connectivity index (χ2n) is 6.97. The third-order valence-corrected chi connectivity index (χ3v) is 9.76. The zero-order chi connectivity index (χ0) is 15.3. The van der Waals surface area contributed by atoms with Gasteiger partial charge in [-0.25, -0.2) is 4.79 Å². The molecule has 1 aromatic rings. The van der Waals surface area contributed by atoms with E-state index >= 15 is 0 Å². The molecule has 0 bridgehead atoms. The predicted octanol–water partition coefficient (Wildman–Crippen LogP) is 5.53. The fourth-order valence-electron chi connectivity index (χ4n) is 3.60. The van der Waals surface area contributed by atoms with Crippen LogP contribution in [-0.4, -0.2) is 19.1 Å². The molecule has 3 heteroatoms. The monoisotopic (exact) mass is 304 g/mol. The first-order valence-electron chi connectivity index (χ1n) is 8.37. The van der Waals surface area contributed by atoms with Gasteiger partial charge < -0.3 is 5.11 Å². The van der Waals surface area contributed by atoms with Crippen LogP contribution in [0.2, 0.25) is 24.7 Å². The van der Waals surface area contributed by atoms with Gasteiger partial charge in [-0.05, 0) is 36.5 Å². The summed E-state index contributed by atoms with van der Waals surface area (Å²) in [4.78, 5) is 10.9. The minimum Gasteiger partial charge on any atom is -0.478 e. The van der Waals surface area contributed by atoms with Crippen LogP contribution in [-0.2, 0) is 0 Å². The Morgan fingerprint density at radius 1 is 1.19 bits per heavy atom. The van der Waals surface area contributed by atoms with Crippen molar-refractivity contribution in [2.24, 2.45) is 0 Å². The molecule has 116 valence electrons. The molecular weight excluding hydrogens is 276 g/mol. The molecule has 1 N–H and O–H groups in total. The van der Waals surface area contributed by atoms with E-state index in [-0.39, 0.29) is 0 Å². The molecule has 0 unspecified atom stereocenters. The highest BCUT2D eigenvalue weighted by Gasteiger charge is 2.32. The predicted molar refractivity (Wildman–Crippen MR) is 90.9 cm³/mol. The van der Waals surface area contributed by atoms with Crippen LogP contribution < -0.4 is 0 Å². The van der Waals surface area contributed by atoms with Crippen LogP contribution in [0.25, 0.3) is 0 Å². The normalized spacial score (nSPS) is 25.7. The molecular formula is C18H28O2Si. The number of rotatable bonds is 6. The smallest absolute Gasteiger partial charge is 0.335 e. The van der Waals surface area contributed by atoms with E-state index in [0.29, 0.717) is 11.5 Å². The summed E-state index contributed by atoms with van der Waals surface area (Å²) in [5, 5.41) is 8.96. The molecule has 0 atom stereocenters. The number of hydrogen-bond acceptors (Lipinski definition) is 1. The van der Waals surface area contributed by atoms with Gasteiger partial charge in [-0.15, -0.1) is 0 Å². The van der Waals surface area contributed by atoms with E-state index in [0.717, 1.165) is 0 Å². The van der Waals surface area contributed by atoms with E-state index in [1.54, 1.807) is 12.1 Å². The molecule has 1 aromatic carbocycles. The van der Waals surface area contributed by atoms with Crippen LogP contribution in [0.15, 0.2) is 24.3 Å². The molecule has 0 aliphatic carbocycles. The molecule has 1 saturated heterocycles. The van der Waals surface area contributed by atoms with Gasteiger partial charge in [0.2, 0.25) is 0 Å². The fourth-order valence-corrected chi connectivity index (χ4v) is 7.54. The first-order chi connectivity index (χ1) is 10.0. The summed E-state index contributed by atoms with van der Waals surface area (Å²) in [6.07, 6.45) is 6.76. The minimum atomic E-state index is -0.971. The molecule has 0 radical (unpaired) electrons. The Morgan fingerprint density at radius 3 is 2.33 bits per heavy atom. The summed E-state index contributed by atoms with van der Waals surface area (Å²) in [6.45, 7) is 4.87. The van der Waals surface area contributed by atoms with Crippen LogP contribution in [0, 0.1) is 0 Å². The molecule has 1 heterocycles. The molecule has 0 aromatic heterocycles. The van der Waals surface area contributed by atoms with E-state index < -0.39 is 14.0 Å². The highest BCUT2D eigenvalue weighted by Crippen LogP contribution is 2.40. The van der Waals surface area contributed by atoms with Crippen molar-refractivity contribution in [3.63, 3.8) is 0 Å². The molecule has 1 fully saturated rings. The summed E-state index contributed by atoms with van der Waals surface area (Å²) in [7, 11) is -0.971. The summed E-state index contributed by atoms with van der Waals surface area (Å²) in [5.41, 5.74) is 1.73. The average molecular weight is 305 g/mol. The molecule has 1 aliphatic rings. The van der Waals surface area contributed by atoms with Crippen molar-refractivity contribution in [3.05, 3.63) is 35.4 Å². The molecule has 0 spiro atoms. The zero-order valence-corrected chi connectivity index (χ0v) is 14.4. The number of hydrogen-bond donors (Lipinski definition) is 1. The third kappa shape index (κ3) is 4.44. The molecule has 21 heavy (non-hydrogen) atoms. The Kier molecular flexibility index (Phi) is 5.62. The topological polar surface area (TPSA) is 37.3 Å². The SMILES string of the molecule is CCCCC[Si]1(C)CCC(c2ccc(C(=O)O)cc2)CC1. The maximum absolute atomic E-state index is 10.9. The standard InChI is InChI=1S/C18H28O2Si/c1-3-4-5-12-21(2)13-10-16(11-14-21)15-6-8-17(9-7-15)18(19)20/h6-9,16H,3-5,10-14H2,1-2H3,(H,19,20). The van der Waals surface area contributed by atoms with Crippen molar-refractivity contribution in [2.75, 3.05) is 0 Å². The lowest BCUT2D eigenvalue weighted by Crippen LogP contribution is -2.34. The molecule has 1 aliphatic heterocycles. The van der Waals surface area contributed by atoms with Crippen molar-refractivity contribution in [1.29, 1.82) is 0 Å². The van der Waals surface area contributed by atoms with E-state index in [1.165, 1.54) is 55.8 Å². The van der Waals surface area contributed by atoms with Crippen molar-refractivity contribution < 1.29 is 9.90 Å². The zero-order valence-electron chi connectivity index (χ0n) is 13.4. The lowest BCUT2D eigenvalue weighted by molar-refractivity contribution is 0.0697.